The summed E-state index contributed by atoms with van der Waals surface area (Å²) in [6, 6.07) is 6.28. The first kappa shape index (κ1) is 12.2. The van der Waals surface area contributed by atoms with Crippen molar-refractivity contribution in [3.05, 3.63) is 33.8 Å². The standard InChI is InChI=1S/C12H16Cl2N2/c1-15-9-5-6-16(7-9)8-10-11(13)3-2-4-12(10)14/h2-4,9,15H,5-8H2,1H3/t9-/m1/s1. The van der Waals surface area contributed by atoms with Gasteiger partial charge in [-0.2, -0.15) is 0 Å². The molecule has 0 bridgehead atoms. The second-order valence-electron chi connectivity index (χ2n) is 4.21. The zero-order chi connectivity index (χ0) is 11.5. The Bertz CT molecular complexity index is 348. The van der Waals surface area contributed by atoms with Crippen molar-refractivity contribution in [2.75, 3.05) is 20.1 Å². The summed E-state index contributed by atoms with van der Waals surface area (Å²) in [5, 5.41) is 4.83. The zero-order valence-corrected chi connectivity index (χ0v) is 10.9. The first-order valence-electron chi connectivity index (χ1n) is 5.53. The van der Waals surface area contributed by atoms with Gasteiger partial charge in [-0.15, -0.1) is 0 Å². The number of nitrogens with one attached hydrogen (secondary N) is 1. The molecule has 0 radical (unpaired) electrons. The van der Waals surface area contributed by atoms with Gasteiger partial charge in [-0.05, 0) is 25.6 Å². The number of likely N-dealkylation sites (tertiary alicyclic amines) is 1. The Morgan fingerprint density at radius 2 is 2.06 bits per heavy atom. The topological polar surface area (TPSA) is 15.3 Å². The zero-order valence-electron chi connectivity index (χ0n) is 9.34. The van der Waals surface area contributed by atoms with Crippen LogP contribution in [0, 0.1) is 0 Å². The third-order valence-corrected chi connectivity index (χ3v) is 3.83. The average Bonchev–Trinajstić information content (AvgIpc) is 2.71. The number of rotatable bonds is 3. The second-order valence-corrected chi connectivity index (χ2v) is 5.02. The average molecular weight is 259 g/mol. The molecule has 0 spiro atoms. The van der Waals surface area contributed by atoms with Crippen molar-refractivity contribution < 1.29 is 0 Å². The van der Waals surface area contributed by atoms with Crippen LogP contribution in [0.25, 0.3) is 0 Å². The van der Waals surface area contributed by atoms with Crippen LogP contribution in [0.15, 0.2) is 18.2 Å². The lowest BCUT2D eigenvalue weighted by atomic mass is 10.2. The largest absolute Gasteiger partial charge is 0.316 e. The molecule has 2 rings (SSSR count). The Morgan fingerprint density at radius 3 is 2.62 bits per heavy atom. The molecule has 88 valence electrons. The van der Waals surface area contributed by atoms with Crippen molar-refractivity contribution >= 4 is 23.2 Å². The van der Waals surface area contributed by atoms with Gasteiger partial charge in [0.05, 0.1) is 0 Å². The molecule has 0 saturated carbocycles. The molecule has 1 atom stereocenters. The molecule has 2 nitrogen and oxygen atoms in total. The van der Waals surface area contributed by atoms with Crippen molar-refractivity contribution in [2.24, 2.45) is 0 Å². The molecule has 1 N–H and O–H groups in total. The maximum Gasteiger partial charge on any atom is 0.0465 e. The van der Waals surface area contributed by atoms with E-state index in [9.17, 15) is 0 Å². The van der Waals surface area contributed by atoms with E-state index < -0.39 is 0 Å². The minimum atomic E-state index is 0.598. The number of hydrogen-bond acceptors (Lipinski definition) is 2. The molecule has 1 aliphatic heterocycles. The lowest BCUT2D eigenvalue weighted by molar-refractivity contribution is 0.322. The Labute approximate surface area is 107 Å². The molecule has 16 heavy (non-hydrogen) atoms. The smallest absolute Gasteiger partial charge is 0.0465 e. The van der Waals surface area contributed by atoms with E-state index in [2.05, 4.69) is 10.2 Å². The van der Waals surface area contributed by atoms with E-state index in [0.29, 0.717) is 6.04 Å². The van der Waals surface area contributed by atoms with E-state index in [0.717, 1.165) is 35.2 Å². The predicted molar refractivity (Wildman–Crippen MR) is 69.2 cm³/mol. The summed E-state index contributed by atoms with van der Waals surface area (Å²) < 4.78 is 0. The van der Waals surface area contributed by atoms with Crippen molar-refractivity contribution in [3.8, 4) is 0 Å². The Hall–Kier alpha value is -0.280. The highest BCUT2D eigenvalue weighted by Gasteiger charge is 2.22. The highest BCUT2D eigenvalue weighted by Crippen LogP contribution is 2.26. The fraction of sp³-hybridized carbons (Fsp3) is 0.500. The predicted octanol–water partition coefficient (Wildman–Crippen LogP) is 2.79. The van der Waals surface area contributed by atoms with Crippen molar-refractivity contribution in [1.82, 2.24) is 10.2 Å². The Kier molecular flexibility index (Phi) is 4.09. The van der Waals surface area contributed by atoms with Gasteiger partial charge >= 0.3 is 0 Å². The number of nitrogens with zero attached hydrogens (tertiary/aromatic N) is 1. The van der Waals surface area contributed by atoms with Gasteiger partial charge in [0.1, 0.15) is 0 Å². The molecule has 0 amide bonds. The van der Waals surface area contributed by atoms with Gasteiger partial charge < -0.3 is 5.32 Å². The maximum atomic E-state index is 6.15. The molecule has 0 aliphatic carbocycles. The van der Waals surface area contributed by atoms with Crippen LogP contribution in [0.2, 0.25) is 10.0 Å². The Balaban J connectivity index is 2.04. The third-order valence-electron chi connectivity index (χ3n) is 3.12. The van der Waals surface area contributed by atoms with Gasteiger partial charge in [-0.1, -0.05) is 29.3 Å². The van der Waals surface area contributed by atoms with Crippen molar-refractivity contribution in [3.63, 3.8) is 0 Å². The SMILES string of the molecule is CN[C@@H]1CCN(Cc2c(Cl)cccc2Cl)C1. The lowest BCUT2D eigenvalue weighted by Crippen LogP contribution is -2.29. The number of likely N-dealkylation sites (N-methyl/N-ethyl adjacent to an activating group) is 1. The summed E-state index contributed by atoms with van der Waals surface area (Å²) in [4.78, 5) is 2.38. The van der Waals surface area contributed by atoms with Gasteiger partial charge in [0.15, 0.2) is 0 Å². The van der Waals surface area contributed by atoms with Gasteiger partial charge in [0.2, 0.25) is 0 Å². The van der Waals surface area contributed by atoms with E-state index in [1.807, 2.05) is 25.2 Å². The normalized spacial score (nSPS) is 21.6. The van der Waals surface area contributed by atoms with Gasteiger partial charge in [-0.25, -0.2) is 0 Å². The molecule has 4 heteroatoms. The van der Waals surface area contributed by atoms with Crippen LogP contribution in [-0.4, -0.2) is 31.1 Å². The highest BCUT2D eigenvalue weighted by atomic mass is 35.5. The van der Waals surface area contributed by atoms with Crippen LogP contribution in [0.1, 0.15) is 12.0 Å². The minimum Gasteiger partial charge on any atom is -0.316 e. The molecule has 1 saturated heterocycles. The highest BCUT2D eigenvalue weighted by molar-refractivity contribution is 6.35. The number of hydrogen-bond donors (Lipinski definition) is 1. The molecule has 1 aliphatic rings. The van der Waals surface area contributed by atoms with Gasteiger partial charge in [0.25, 0.3) is 0 Å². The van der Waals surface area contributed by atoms with E-state index in [4.69, 9.17) is 23.2 Å². The molecule has 1 fully saturated rings. The summed E-state index contributed by atoms with van der Waals surface area (Å²) in [6.07, 6.45) is 1.19. The fourth-order valence-corrected chi connectivity index (χ4v) is 2.64. The second kappa shape index (κ2) is 5.37. The maximum absolute atomic E-state index is 6.15. The van der Waals surface area contributed by atoms with Gasteiger partial charge in [-0.3, -0.25) is 4.90 Å². The molecule has 0 aromatic heterocycles. The van der Waals surface area contributed by atoms with Crippen LogP contribution in [-0.2, 0) is 6.54 Å². The summed E-state index contributed by atoms with van der Waals surface area (Å²) >= 11 is 12.3. The first-order chi connectivity index (χ1) is 7.70. The Morgan fingerprint density at radius 1 is 1.38 bits per heavy atom. The summed E-state index contributed by atoms with van der Waals surface area (Å²) in [5.41, 5.74) is 1.04. The van der Waals surface area contributed by atoms with Crippen LogP contribution in [0.4, 0.5) is 0 Å². The van der Waals surface area contributed by atoms with Crippen LogP contribution in [0.3, 0.4) is 0 Å². The molecule has 1 aromatic carbocycles. The lowest BCUT2D eigenvalue weighted by Gasteiger charge is -2.17. The van der Waals surface area contributed by atoms with E-state index >= 15 is 0 Å². The summed E-state index contributed by atoms with van der Waals surface area (Å²) in [7, 11) is 2.01. The first-order valence-corrected chi connectivity index (χ1v) is 6.29. The molecule has 1 aromatic rings. The molecular weight excluding hydrogens is 243 g/mol. The van der Waals surface area contributed by atoms with Crippen molar-refractivity contribution in [2.45, 2.75) is 19.0 Å². The summed E-state index contributed by atoms with van der Waals surface area (Å²) in [6.45, 7) is 3.02. The molecular formula is C12H16Cl2N2. The van der Waals surface area contributed by atoms with E-state index in [1.165, 1.54) is 6.42 Å². The van der Waals surface area contributed by atoms with Crippen LogP contribution < -0.4 is 5.32 Å². The number of benzene rings is 1. The van der Waals surface area contributed by atoms with Crippen molar-refractivity contribution in [1.29, 1.82) is 0 Å². The molecule has 0 unspecified atom stereocenters. The number of halogens is 2. The summed E-state index contributed by atoms with van der Waals surface area (Å²) in [5.74, 6) is 0. The minimum absolute atomic E-state index is 0.598. The van der Waals surface area contributed by atoms with Crippen LogP contribution >= 0.6 is 23.2 Å². The fourth-order valence-electron chi connectivity index (χ4n) is 2.12. The van der Waals surface area contributed by atoms with Gasteiger partial charge in [0, 0.05) is 41.3 Å². The quantitative estimate of drug-likeness (QED) is 0.897. The van der Waals surface area contributed by atoms with E-state index in [-0.39, 0.29) is 0 Å². The third kappa shape index (κ3) is 2.69. The van der Waals surface area contributed by atoms with E-state index in [1.54, 1.807) is 0 Å². The molecule has 1 heterocycles. The monoisotopic (exact) mass is 258 g/mol. The van der Waals surface area contributed by atoms with Crippen LogP contribution in [0.5, 0.6) is 0 Å².